The van der Waals surface area contributed by atoms with E-state index in [0.29, 0.717) is 0 Å². The molecule has 0 aliphatic carbocycles. The Hall–Kier alpha value is -2.31. The first kappa shape index (κ1) is 30.7. The Morgan fingerprint density at radius 1 is 1.00 bits per heavy atom. The van der Waals surface area contributed by atoms with Gasteiger partial charge >= 0.3 is 0 Å². The average molecular weight is 548 g/mol. The Kier molecular flexibility index (Phi) is 11.1. The van der Waals surface area contributed by atoms with Gasteiger partial charge in [0.2, 0.25) is 10.0 Å². The predicted molar refractivity (Wildman–Crippen MR) is 138 cm³/mol. The molecule has 2 rings (SSSR count). The van der Waals surface area contributed by atoms with Gasteiger partial charge in [-0.05, 0) is 70.2 Å². The molecule has 0 bridgehead atoms. The summed E-state index contributed by atoms with van der Waals surface area (Å²) in [7, 11) is -7.89. The van der Waals surface area contributed by atoms with Gasteiger partial charge < -0.3 is 11.1 Å². The molecule has 194 valence electrons. The van der Waals surface area contributed by atoms with Crippen molar-refractivity contribution < 1.29 is 26.0 Å². The van der Waals surface area contributed by atoms with Crippen molar-refractivity contribution >= 4 is 43.9 Å². The van der Waals surface area contributed by atoms with E-state index >= 15 is 0 Å². The highest BCUT2D eigenvalue weighted by atomic mass is 35.5. The van der Waals surface area contributed by atoms with Gasteiger partial charge in [-0.2, -0.15) is 4.31 Å². The highest BCUT2D eigenvalue weighted by Crippen LogP contribution is 2.24. The van der Waals surface area contributed by atoms with E-state index in [4.69, 9.17) is 5.73 Å². The maximum atomic E-state index is 13.8. The van der Waals surface area contributed by atoms with Gasteiger partial charge in [0.1, 0.15) is 11.6 Å². The van der Waals surface area contributed by atoms with Crippen molar-refractivity contribution in [3.8, 4) is 0 Å². The second-order valence-electron chi connectivity index (χ2n) is 8.14. The third kappa shape index (κ3) is 7.58. The lowest BCUT2D eigenvalue weighted by Crippen LogP contribution is -2.41. The lowest BCUT2D eigenvalue weighted by Gasteiger charge is -2.29. The first-order valence-electron chi connectivity index (χ1n) is 10.6. The molecular formula is C23H31ClFN3O5S2. The van der Waals surface area contributed by atoms with Gasteiger partial charge in [0.25, 0.3) is 5.91 Å². The summed E-state index contributed by atoms with van der Waals surface area (Å²) in [6.07, 6.45) is 0.954. The third-order valence-electron chi connectivity index (χ3n) is 4.84. The standard InChI is InChI=1S/C23H30FN3O5S2.ClH/c1-16(2)27(17(3)4)34(31,32)20-11-9-19(10-12-20)26-23(28)21-7-5-6-8-22(21)33(29,30)15-18(24)13-14-25;/h5-13,16-17H,14-15,25H2,1-4H3,(H,26,28);1H/b18-13-;. The molecule has 2 aromatic carbocycles. The fourth-order valence-electron chi connectivity index (χ4n) is 3.55. The number of carbonyl (C=O) groups excluding carboxylic acids is 1. The lowest BCUT2D eigenvalue weighted by molar-refractivity contribution is 0.102. The van der Waals surface area contributed by atoms with Gasteiger partial charge in [0, 0.05) is 24.3 Å². The Morgan fingerprint density at radius 2 is 1.54 bits per heavy atom. The summed E-state index contributed by atoms with van der Waals surface area (Å²) in [6, 6.07) is 10.6. The predicted octanol–water partition coefficient (Wildman–Crippen LogP) is 3.75. The van der Waals surface area contributed by atoms with E-state index in [1.807, 2.05) is 0 Å². The number of halogens is 2. The highest BCUT2D eigenvalue weighted by molar-refractivity contribution is 7.91. The molecule has 0 heterocycles. The Bertz CT molecular complexity index is 1250. The second kappa shape index (κ2) is 12.6. The smallest absolute Gasteiger partial charge is 0.256 e. The number of sulfone groups is 1. The van der Waals surface area contributed by atoms with Crippen LogP contribution in [-0.2, 0) is 19.9 Å². The van der Waals surface area contributed by atoms with Crippen LogP contribution in [0.15, 0.2) is 70.2 Å². The first-order chi connectivity index (χ1) is 15.8. The Labute approximate surface area is 212 Å². The molecule has 0 aromatic heterocycles. The minimum Gasteiger partial charge on any atom is -0.327 e. The summed E-state index contributed by atoms with van der Waals surface area (Å²) in [4.78, 5) is 12.6. The minimum absolute atomic E-state index is 0. The van der Waals surface area contributed by atoms with Gasteiger partial charge in [0.05, 0.1) is 15.4 Å². The number of hydrogen-bond acceptors (Lipinski definition) is 6. The fraction of sp³-hybridized carbons (Fsp3) is 0.348. The molecule has 0 spiro atoms. The maximum absolute atomic E-state index is 13.8. The van der Waals surface area contributed by atoms with Crippen LogP contribution in [0.2, 0.25) is 0 Å². The number of nitrogens with two attached hydrogens (primary N) is 1. The van der Waals surface area contributed by atoms with Crippen LogP contribution in [0.1, 0.15) is 38.1 Å². The van der Waals surface area contributed by atoms with Gasteiger partial charge in [-0.25, -0.2) is 21.2 Å². The van der Waals surface area contributed by atoms with Crippen LogP contribution in [0.25, 0.3) is 0 Å². The van der Waals surface area contributed by atoms with E-state index in [2.05, 4.69) is 5.32 Å². The molecule has 0 atom stereocenters. The topological polar surface area (TPSA) is 127 Å². The summed E-state index contributed by atoms with van der Waals surface area (Å²) in [5, 5.41) is 2.56. The number of amides is 1. The molecule has 0 radical (unpaired) electrons. The Balaban J connectivity index is 0.00000612. The van der Waals surface area contributed by atoms with Crippen LogP contribution in [0, 0.1) is 0 Å². The van der Waals surface area contributed by atoms with Crippen molar-refractivity contribution in [1.82, 2.24) is 4.31 Å². The fourth-order valence-corrected chi connectivity index (χ4v) is 6.80. The van der Waals surface area contributed by atoms with Gasteiger partial charge in [0.15, 0.2) is 9.84 Å². The van der Waals surface area contributed by atoms with Gasteiger partial charge in [-0.15, -0.1) is 12.4 Å². The number of nitrogens with zero attached hydrogens (tertiary/aromatic N) is 1. The van der Waals surface area contributed by atoms with Crippen LogP contribution in [0.3, 0.4) is 0 Å². The van der Waals surface area contributed by atoms with E-state index in [9.17, 15) is 26.0 Å². The van der Waals surface area contributed by atoms with Crippen LogP contribution in [0.4, 0.5) is 10.1 Å². The third-order valence-corrected chi connectivity index (χ3v) is 8.79. The number of carbonyl (C=O) groups is 1. The number of anilines is 1. The van der Waals surface area contributed by atoms with E-state index < -0.39 is 37.3 Å². The molecule has 12 heteroatoms. The molecule has 35 heavy (non-hydrogen) atoms. The number of sulfonamides is 1. The summed E-state index contributed by atoms with van der Waals surface area (Å²) in [5.41, 5.74) is 5.33. The molecule has 0 saturated heterocycles. The molecule has 8 nitrogen and oxygen atoms in total. The monoisotopic (exact) mass is 547 g/mol. The van der Waals surface area contributed by atoms with Crippen molar-refractivity contribution in [3.05, 3.63) is 66.0 Å². The maximum Gasteiger partial charge on any atom is 0.256 e. The van der Waals surface area contributed by atoms with Crippen LogP contribution >= 0.6 is 12.4 Å². The molecule has 0 aliphatic rings. The van der Waals surface area contributed by atoms with Crippen molar-refractivity contribution in [2.75, 3.05) is 17.6 Å². The van der Waals surface area contributed by atoms with Crippen LogP contribution < -0.4 is 11.1 Å². The van der Waals surface area contributed by atoms with E-state index in [1.54, 1.807) is 27.7 Å². The van der Waals surface area contributed by atoms with E-state index in [1.165, 1.54) is 52.8 Å². The number of nitrogens with one attached hydrogen (secondary N) is 1. The number of hydrogen-bond donors (Lipinski definition) is 2. The lowest BCUT2D eigenvalue weighted by atomic mass is 10.2. The van der Waals surface area contributed by atoms with Gasteiger partial charge in [-0.3, -0.25) is 4.79 Å². The molecule has 2 aromatic rings. The molecule has 0 saturated carbocycles. The highest BCUT2D eigenvalue weighted by Gasteiger charge is 2.29. The van der Waals surface area contributed by atoms with Gasteiger partial charge in [-0.1, -0.05) is 12.1 Å². The minimum atomic E-state index is -4.15. The van der Waals surface area contributed by atoms with Crippen LogP contribution in [0.5, 0.6) is 0 Å². The zero-order valence-electron chi connectivity index (χ0n) is 19.9. The second-order valence-corrected chi connectivity index (χ2v) is 11.9. The SMILES string of the molecule is CC(C)N(C(C)C)S(=O)(=O)c1ccc(NC(=O)c2ccccc2S(=O)(=O)C/C(F)=C/CN)cc1.Cl. The van der Waals surface area contributed by atoms with Crippen molar-refractivity contribution in [2.24, 2.45) is 5.73 Å². The number of rotatable bonds is 10. The van der Waals surface area contributed by atoms with E-state index in [0.717, 1.165) is 6.08 Å². The zero-order chi connectivity index (χ0) is 25.7. The Morgan fingerprint density at radius 3 is 2.06 bits per heavy atom. The largest absolute Gasteiger partial charge is 0.327 e. The quantitative estimate of drug-likeness (QED) is 0.466. The average Bonchev–Trinajstić information content (AvgIpc) is 2.73. The molecule has 1 amide bonds. The van der Waals surface area contributed by atoms with Crippen molar-refractivity contribution in [3.63, 3.8) is 0 Å². The first-order valence-corrected chi connectivity index (χ1v) is 13.7. The summed E-state index contributed by atoms with van der Waals surface area (Å²) in [6.45, 7) is 7.00. The molecular weight excluding hydrogens is 517 g/mol. The molecule has 0 fully saturated rings. The zero-order valence-corrected chi connectivity index (χ0v) is 22.4. The van der Waals surface area contributed by atoms with E-state index in [-0.39, 0.29) is 52.1 Å². The molecule has 3 N–H and O–H groups in total. The summed E-state index contributed by atoms with van der Waals surface area (Å²) in [5.74, 6) is -2.56. The normalized spacial score (nSPS) is 12.7. The number of benzene rings is 2. The molecule has 0 unspecified atom stereocenters. The summed E-state index contributed by atoms with van der Waals surface area (Å²) < 4.78 is 66.5. The summed E-state index contributed by atoms with van der Waals surface area (Å²) >= 11 is 0. The molecule has 0 aliphatic heterocycles. The van der Waals surface area contributed by atoms with Crippen molar-refractivity contribution in [2.45, 2.75) is 49.6 Å². The van der Waals surface area contributed by atoms with Crippen LogP contribution in [-0.4, -0.2) is 51.4 Å². The van der Waals surface area contributed by atoms with Crippen molar-refractivity contribution in [1.29, 1.82) is 0 Å².